The molecule has 1 heterocycles. The molecule has 0 radical (unpaired) electrons. The van der Waals surface area contributed by atoms with Gasteiger partial charge in [-0.05, 0) is 31.2 Å². The molecule has 96 valence electrons. The molecule has 0 aliphatic heterocycles. The first-order valence-electron chi connectivity index (χ1n) is 6.22. The Hall–Kier alpha value is -1.13. The number of benzene rings is 1. The minimum atomic E-state index is 0.868. The van der Waals surface area contributed by atoms with Gasteiger partial charge in [0.05, 0.1) is 0 Å². The maximum absolute atomic E-state index is 4.41. The lowest BCUT2D eigenvalue weighted by Gasteiger charge is -2.10. The maximum Gasteiger partial charge on any atom is 0.113 e. The zero-order valence-corrected chi connectivity index (χ0v) is 12.4. The molecule has 2 rings (SSSR count). The van der Waals surface area contributed by atoms with Crippen LogP contribution in [-0.4, -0.2) is 16.6 Å². The summed E-state index contributed by atoms with van der Waals surface area (Å²) in [5, 5.41) is 3.16. The van der Waals surface area contributed by atoms with Gasteiger partial charge in [-0.1, -0.05) is 28.9 Å². The van der Waals surface area contributed by atoms with E-state index in [1.165, 1.54) is 5.56 Å². The van der Waals surface area contributed by atoms with Crippen molar-refractivity contribution in [2.45, 2.75) is 26.3 Å². The highest BCUT2D eigenvalue weighted by atomic mass is 79.9. The fourth-order valence-corrected chi connectivity index (χ4v) is 2.50. The molecule has 1 aromatic heterocycles. The number of nitrogens with one attached hydrogen (secondary N) is 1. The van der Waals surface area contributed by atoms with Crippen molar-refractivity contribution in [2.24, 2.45) is 0 Å². The largest absolute Gasteiger partial charge is 0.316 e. The molecular formula is C14H18BrN3. The second-order valence-electron chi connectivity index (χ2n) is 4.27. The molecule has 3 nitrogen and oxygen atoms in total. The lowest BCUT2D eigenvalue weighted by Crippen LogP contribution is -2.06. The molecule has 1 aromatic carbocycles. The Morgan fingerprint density at radius 3 is 2.89 bits per heavy atom. The predicted octanol–water partition coefficient (Wildman–Crippen LogP) is 3.31. The van der Waals surface area contributed by atoms with Gasteiger partial charge in [0.1, 0.15) is 5.82 Å². The number of halogens is 1. The molecule has 0 atom stereocenters. The van der Waals surface area contributed by atoms with Crippen LogP contribution in [0, 0.1) is 0 Å². The normalized spacial score (nSPS) is 10.8. The monoisotopic (exact) mass is 307 g/mol. The van der Waals surface area contributed by atoms with Crippen LogP contribution in [0.5, 0.6) is 0 Å². The highest BCUT2D eigenvalue weighted by molar-refractivity contribution is 9.10. The van der Waals surface area contributed by atoms with Gasteiger partial charge < -0.3 is 9.88 Å². The van der Waals surface area contributed by atoms with Gasteiger partial charge in [-0.15, -0.1) is 0 Å². The van der Waals surface area contributed by atoms with E-state index in [1.54, 1.807) is 0 Å². The van der Waals surface area contributed by atoms with Gasteiger partial charge >= 0.3 is 0 Å². The highest BCUT2D eigenvalue weighted by Crippen LogP contribution is 2.22. The van der Waals surface area contributed by atoms with Crippen molar-refractivity contribution in [3.63, 3.8) is 0 Å². The summed E-state index contributed by atoms with van der Waals surface area (Å²) in [7, 11) is 1.95. The molecule has 18 heavy (non-hydrogen) atoms. The van der Waals surface area contributed by atoms with Crippen LogP contribution in [0.25, 0.3) is 5.69 Å². The summed E-state index contributed by atoms with van der Waals surface area (Å²) in [6.45, 7) is 3.04. The summed E-state index contributed by atoms with van der Waals surface area (Å²) in [4.78, 5) is 4.41. The SMILES string of the molecule is CCCc1nccn1-c1ccc(CNC)c(Br)c1. The van der Waals surface area contributed by atoms with E-state index in [9.17, 15) is 0 Å². The van der Waals surface area contributed by atoms with Gasteiger partial charge in [0, 0.05) is 35.5 Å². The topological polar surface area (TPSA) is 29.9 Å². The summed E-state index contributed by atoms with van der Waals surface area (Å²) < 4.78 is 3.28. The Morgan fingerprint density at radius 2 is 2.22 bits per heavy atom. The van der Waals surface area contributed by atoms with Gasteiger partial charge in [-0.3, -0.25) is 0 Å². The zero-order chi connectivity index (χ0) is 13.0. The third-order valence-corrected chi connectivity index (χ3v) is 3.61. The van der Waals surface area contributed by atoms with Gasteiger partial charge in [0.2, 0.25) is 0 Å². The van der Waals surface area contributed by atoms with Crippen molar-refractivity contribution in [2.75, 3.05) is 7.05 Å². The van der Waals surface area contributed by atoms with E-state index < -0.39 is 0 Å². The second kappa shape index (κ2) is 6.16. The number of hydrogen-bond acceptors (Lipinski definition) is 2. The van der Waals surface area contributed by atoms with Crippen LogP contribution in [0.2, 0.25) is 0 Å². The van der Waals surface area contributed by atoms with Crippen molar-refractivity contribution in [1.82, 2.24) is 14.9 Å². The van der Waals surface area contributed by atoms with E-state index in [-0.39, 0.29) is 0 Å². The first-order valence-corrected chi connectivity index (χ1v) is 7.01. The average molecular weight is 308 g/mol. The van der Waals surface area contributed by atoms with Crippen molar-refractivity contribution >= 4 is 15.9 Å². The Balaban J connectivity index is 2.33. The standard InChI is InChI=1S/C14H18BrN3/c1-3-4-14-17-7-8-18(14)12-6-5-11(10-16-2)13(15)9-12/h5-9,16H,3-4,10H2,1-2H3. The number of aryl methyl sites for hydroxylation is 1. The van der Waals surface area contributed by atoms with Crippen molar-refractivity contribution in [3.05, 3.63) is 46.5 Å². The Bertz CT molecular complexity index is 520. The van der Waals surface area contributed by atoms with Crippen LogP contribution in [0.15, 0.2) is 35.1 Å². The van der Waals surface area contributed by atoms with Gasteiger partial charge in [0.25, 0.3) is 0 Å². The minimum absolute atomic E-state index is 0.868. The highest BCUT2D eigenvalue weighted by Gasteiger charge is 2.06. The molecule has 2 aromatic rings. The predicted molar refractivity (Wildman–Crippen MR) is 78.0 cm³/mol. The third kappa shape index (κ3) is 2.82. The van der Waals surface area contributed by atoms with Crippen LogP contribution in [0.3, 0.4) is 0 Å². The third-order valence-electron chi connectivity index (χ3n) is 2.87. The molecule has 0 aliphatic rings. The lowest BCUT2D eigenvalue weighted by molar-refractivity contribution is 0.802. The molecule has 1 N–H and O–H groups in total. The molecule has 0 saturated carbocycles. The first kappa shape index (κ1) is 13.3. The summed E-state index contributed by atoms with van der Waals surface area (Å²) in [5.74, 6) is 1.12. The molecule has 0 fully saturated rings. The van der Waals surface area contributed by atoms with Gasteiger partial charge in [-0.25, -0.2) is 4.98 Å². The van der Waals surface area contributed by atoms with E-state index in [1.807, 2.05) is 19.4 Å². The average Bonchev–Trinajstić information content (AvgIpc) is 2.81. The van der Waals surface area contributed by atoms with Crippen LogP contribution in [0.4, 0.5) is 0 Å². The van der Waals surface area contributed by atoms with Crippen LogP contribution in [0.1, 0.15) is 24.7 Å². The molecule has 0 saturated heterocycles. The molecule has 4 heteroatoms. The van der Waals surface area contributed by atoms with E-state index in [2.05, 4.69) is 55.9 Å². The number of nitrogens with zero attached hydrogens (tertiary/aromatic N) is 2. The van der Waals surface area contributed by atoms with E-state index in [0.29, 0.717) is 0 Å². The maximum atomic E-state index is 4.41. The lowest BCUT2D eigenvalue weighted by atomic mass is 10.2. The number of aromatic nitrogens is 2. The first-order chi connectivity index (χ1) is 8.76. The fourth-order valence-electron chi connectivity index (χ4n) is 2.00. The molecule has 0 unspecified atom stereocenters. The summed E-state index contributed by atoms with van der Waals surface area (Å²) in [5.41, 5.74) is 2.42. The fraction of sp³-hybridized carbons (Fsp3) is 0.357. The van der Waals surface area contributed by atoms with Crippen LogP contribution >= 0.6 is 15.9 Å². The Morgan fingerprint density at radius 1 is 1.39 bits per heavy atom. The van der Waals surface area contributed by atoms with Gasteiger partial charge in [0.15, 0.2) is 0 Å². The molecular weight excluding hydrogens is 290 g/mol. The van der Waals surface area contributed by atoms with E-state index in [0.717, 1.165) is 35.4 Å². The van der Waals surface area contributed by atoms with E-state index >= 15 is 0 Å². The summed E-state index contributed by atoms with van der Waals surface area (Å²) in [6.07, 6.45) is 5.99. The Labute approximate surface area is 116 Å². The number of hydrogen-bond donors (Lipinski definition) is 1. The molecule has 0 amide bonds. The zero-order valence-electron chi connectivity index (χ0n) is 10.8. The Kier molecular flexibility index (Phi) is 4.55. The van der Waals surface area contributed by atoms with Crippen LogP contribution in [-0.2, 0) is 13.0 Å². The number of imidazole rings is 1. The van der Waals surface area contributed by atoms with Crippen molar-refractivity contribution < 1.29 is 0 Å². The van der Waals surface area contributed by atoms with Crippen molar-refractivity contribution in [3.8, 4) is 5.69 Å². The van der Waals surface area contributed by atoms with Gasteiger partial charge in [-0.2, -0.15) is 0 Å². The number of rotatable bonds is 5. The molecule has 0 bridgehead atoms. The summed E-state index contributed by atoms with van der Waals surface area (Å²) >= 11 is 3.62. The molecule has 0 spiro atoms. The quantitative estimate of drug-likeness (QED) is 0.918. The van der Waals surface area contributed by atoms with Crippen molar-refractivity contribution in [1.29, 1.82) is 0 Å². The van der Waals surface area contributed by atoms with E-state index in [4.69, 9.17) is 0 Å². The summed E-state index contributed by atoms with van der Waals surface area (Å²) in [6, 6.07) is 6.43. The second-order valence-corrected chi connectivity index (χ2v) is 5.12. The smallest absolute Gasteiger partial charge is 0.113 e. The van der Waals surface area contributed by atoms with Crippen LogP contribution < -0.4 is 5.32 Å². The molecule has 0 aliphatic carbocycles. The minimum Gasteiger partial charge on any atom is -0.316 e.